The van der Waals surface area contributed by atoms with Crippen molar-refractivity contribution in [3.05, 3.63) is 0 Å². The maximum Gasteiger partial charge on any atom is 0.0701 e. The average molecular weight is 201 g/mol. The van der Waals surface area contributed by atoms with E-state index >= 15 is 0 Å². The second-order valence-electron chi connectivity index (χ2n) is 4.09. The van der Waals surface area contributed by atoms with Gasteiger partial charge in [0.25, 0.3) is 0 Å². The zero-order chi connectivity index (χ0) is 10.2. The van der Waals surface area contributed by atoms with Gasteiger partial charge in [-0.05, 0) is 19.4 Å². The lowest BCUT2D eigenvalue weighted by molar-refractivity contribution is 0.0535. The van der Waals surface area contributed by atoms with Crippen molar-refractivity contribution in [2.24, 2.45) is 5.92 Å². The van der Waals surface area contributed by atoms with E-state index in [1.807, 2.05) is 7.05 Å². The van der Waals surface area contributed by atoms with E-state index in [9.17, 15) is 0 Å². The zero-order valence-electron chi connectivity index (χ0n) is 9.42. The Kier molecular flexibility index (Phi) is 6.15. The Bertz CT molecular complexity index is 137. The van der Waals surface area contributed by atoms with E-state index in [2.05, 4.69) is 5.32 Å². The maximum atomic E-state index is 5.51. The highest BCUT2D eigenvalue weighted by Crippen LogP contribution is 2.30. The molecule has 0 aromatic rings. The summed E-state index contributed by atoms with van der Waals surface area (Å²) in [5, 5.41) is 3.31. The number of methoxy groups -OCH3 is 1. The Balaban J connectivity index is 1.99. The molecule has 1 aliphatic carbocycles. The van der Waals surface area contributed by atoms with Crippen LogP contribution in [-0.2, 0) is 9.47 Å². The molecule has 0 saturated heterocycles. The topological polar surface area (TPSA) is 30.5 Å². The molecule has 0 bridgehead atoms. The highest BCUT2D eigenvalue weighted by Gasteiger charge is 2.21. The highest BCUT2D eigenvalue weighted by atomic mass is 16.5. The van der Waals surface area contributed by atoms with Gasteiger partial charge in [0.1, 0.15) is 0 Å². The minimum Gasteiger partial charge on any atom is -0.382 e. The van der Waals surface area contributed by atoms with Crippen molar-refractivity contribution in [1.82, 2.24) is 5.32 Å². The largest absolute Gasteiger partial charge is 0.382 e. The van der Waals surface area contributed by atoms with E-state index in [0.29, 0.717) is 19.3 Å². The number of ether oxygens (including phenoxy) is 2. The standard InChI is InChI=1S/C11H23NO2/c1-12-11(8-10-4-3-5-10)9-14-7-6-13-2/h10-12H,3-9H2,1-2H3. The molecule has 3 heteroatoms. The maximum absolute atomic E-state index is 5.51. The number of hydrogen-bond acceptors (Lipinski definition) is 3. The summed E-state index contributed by atoms with van der Waals surface area (Å²) in [6, 6.07) is 0.525. The fourth-order valence-electron chi connectivity index (χ4n) is 1.77. The Morgan fingerprint density at radius 2 is 2.14 bits per heavy atom. The van der Waals surface area contributed by atoms with Crippen molar-refractivity contribution in [1.29, 1.82) is 0 Å². The SMILES string of the molecule is CNC(COCCOC)CC1CCC1. The molecule has 14 heavy (non-hydrogen) atoms. The van der Waals surface area contributed by atoms with Crippen molar-refractivity contribution in [2.75, 3.05) is 34.0 Å². The molecule has 3 nitrogen and oxygen atoms in total. The summed E-state index contributed by atoms with van der Waals surface area (Å²) in [5.41, 5.74) is 0. The highest BCUT2D eigenvalue weighted by molar-refractivity contribution is 4.76. The number of nitrogens with one attached hydrogen (secondary N) is 1. The summed E-state index contributed by atoms with van der Waals surface area (Å²) in [6.07, 6.45) is 5.52. The summed E-state index contributed by atoms with van der Waals surface area (Å²) in [5.74, 6) is 0.943. The van der Waals surface area contributed by atoms with Crippen molar-refractivity contribution < 1.29 is 9.47 Å². The van der Waals surface area contributed by atoms with E-state index in [0.717, 1.165) is 12.5 Å². The molecule has 1 aliphatic rings. The molecule has 1 atom stereocenters. The van der Waals surface area contributed by atoms with Gasteiger partial charge in [0.15, 0.2) is 0 Å². The van der Waals surface area contributed by atoms with Gasteiger partial charge in [-0.2, -0.15) is 0 Å². The number of likely N-dealkylation sites (N-methyl/N-ethyl adjacent to an activating group) is 1. The van der Waals surface area contributed by atoms with E-state index in [4.69, 9.17) is 9.47 Å². The Labute approximate surface area is 87.2 Å². The van der Waals surface area contributed by atoms with Gasteiger partial charge in [-0.25, -0.2) is 0 Å². The molecular weight excluding hydrogens is 178 g/mol. The monoisotopic (exact) mass is 201 g/mol. The third kappa shape index (κ3) is 4.40. The molecule has 84 valence electrons. The van der Waals surface area contributed by atoms with Crippen LogP contribution in [0.1, 0.15) is 25.7 Å². The Morgan fingerprint density at radius 1 is 1.36 bits per heavy atom. The van der Waals surface area contributed by atoms with E-state index < -0.39 is 0 Å². The number of hydrogen-bond donors (Lipinski definition) is 1. The third-order valence-corrected chi connectivity index (χ3v) is 3.00. The lowest BCUT2D eigenvalue weighted by Crippen LogP contribution is -2.34. The van der Waals surface area contributed by atoms with Crippen molar-refractivity contribution in [2.45, 2.75) is 31.7 Å². The van der Waals surface area contributed by atoms with Crippen LogP contribution in [0.5, 0.6) is 0 Å². The molecule has 0 radical (unpaired) electrons. The summed E-state index contributed by atoms with van der Waals surface area (Å²) in [7, 11) is 3.72. The smallest absolute Gasteiger partial charge is 0.0701 e. The van der Waals surface area contributed by atoms with Crippen LogP contribution in [0, 0.1) is 5.92 Å². The van der Waals surface area contributed by atoms with Gasteiger partial charge in [-0.3, -0.25) is 0 Å². The van der Waals surface area contributed by atoms with Crippen molar-refractivity contribution in [3.63, 3.8) is 0 Å². The molecule has 1 rings (SSSR count). The van der Waals surface area contributed by atoms with Crippen molar-refractivity contribution >= 4 is 0 Å². The molecule has 0 amide bonds. The van der Waals surface area contributed by atoms with Gasteiger partial charge in [-0.1, -0.05) is 19.3 Å². The molecule has 1 N–H and O–H groups in total. The van der Waals surface area contributed by atoms with Gasteiger partial charge in [0.2, 0.25) is 0 Å². The minimum absolute atomic E-state index is 0.525. The van der Waals surface area contributed by atoms with Crippen LogP contribution in [0.4, 0.5) is 0 Å². The van der Waals surface area contributed by atoms with Crippen molar-refractivity contribution in [3.8, 4) is 0 Å². The zero-order valence-corrected chi connectivity index (χ0v) is 9.42. The first kappa shape index (κ1) is 12.0. The lowest BCUT2D eigenvalue weighted by Gasteiger charge is -2.29. The molecule has 0 aliphatic heterocycles. The average Bonchev–Trinajstić information content (AvgIpc) is 2.14. The Morgan fingerprint density at radius 3 is 2.64 bits per heavy atom. The van der Waals surface area contributed by atoms with E-state index in [1.54, 1.807) is 7.11 Å². The molecule has 0 aromatic carbocycles. The van der Waals surface area contributed by atoms with Crippen LogP contribution in [0.2, 0.25) is 0 Å². The van der Waals surface area contributed by atoms with Crippen LogP contribution < -0.4 is 5.32 Å². The van der Waals surface area contributed by atoms with Gasteiger partial charge in [0, 0.05) is 13.2 Å². The van der Waals surface area contributed by atoms with Crippen LogP contribution in [-0.4, -0.2) is 40.0 Å². The fourth-order valence-corrected chi connectivity index (χ4v) is 1.77. The van der Waals surface area contributed by atoms with Crippen LogP contribution >= 0.6 is 0 Å². The summed E-state index contributed by atoms with van der Waals surface area (Å²) in [4.78, 5) is 0. The summed E-state index contributed by atoms with van der Waals surface area (Å²) < 4.78 is 10.4. The second kappa shape index (κ2) is 7.21. The van der Waals surface area contributed by atoms with Gasteiger partial charge >= 0.3 is 0 Å². The molecule has 0 spiro atoms. The fraction of sp³-hybridized carbons (Fsp3) is 1.00. The normalized spacial score (nSPS) is 19.3. The summed E-state index contributed by atoms with van der Waals surface area (Å²) >= 11 is 0. The van der Waals surface area contributed by atoms with E-state index in [-0.39, 0.29) is 0 Å². The second-order valence-corrected chi connectivity index (χ2v) is 4.09. The van der Waals surface area contributed by atoms with Gasteiger partial charge in [0.05, 0.1) is 19.8 Å². The quantitative estimate of drug-likeness (QED) is 0.603. The predicted molar refractivity (Wildman–Crippen MR) is 57.5 cm³/mol. The first-order valence-electron chi connectivity index (χ1n) is 5.60. The first-order chi connectivity index (χ1) is 6.86. The first-order valence-corrected chi connectivity index (χ1v) is 5.60. The van der Waals surface area contributed by atoms with Crippen LogP contribution in [0.3, 0.4) is 0 Å². The van der Waals surface area contributed by atoms with Gasteiger partial charge < -0.3 is 14.8 Å². The molecule has 1 unspecified atom stereocenters. The number of rotatable bonds is 8. The predicted octanol–water partition coefficient (Wildman–Crippen LogP) is 1.43. The molecule has 1 fully saturated rings. The molecule has 0 heterocycles. The Hall–Kier alpha value is -0.120. The van der Waals surface area contributed by atoms with E-state index in [1.165, 1.54) is 25.7 Å². The molecule has 1 saturated carbocycles. The third-order valence-electron chi connectivity index (χ3n) is 3.00. The lowest BCUT2D eigenvalue weighted by atomic mass is 9.81. The molecule has 0 aromatic heterocycles. The minimum atomic E-state index is 0.525. The summed E-state index contributed by atoms with van der Waals surface area (Å²) in [6.45, 7) is 2.22. The van der Waals surface area contributed by atoms with Crippen LogP contribution in [0.25, 0.3) is 0 Å². The molecular formula is C11H23NO2. The van der Waals surface area contributed by atoms with Crippen LogP contribution in [0.15, 0.2) is 0 Å². The van der Waals surface area contributed by atoms with Gasteiger partial charge in [-0.15, -0.1) is 0 Å².